The highest BCUT2D eigenvalue weighted by atomic mass is 16.5. The summed E-state index contributed by atoms with van der Waals surface area (Å²) in [6.07, 6.45) is 0.834. The standard InChI is InChI=1S/C14H21NO2/c1-5-10-17-13(16)11-8-6-7-9-12(11)15-14(2,3)4/h6-9,15H,5,10H2,1-4H3. The predicted octanol–water partition coefficient (Wildman–Crippen LogP) is 3.46. The third-order valence-electron chi connectivity index (χ3n) is 2.09. The molecular formula is C14H21NO2. The van der Waals surface area contributed by atoms with Gasteiger partial charge in [-0.05, 0) is 39.3 Å². The second-order valence-corrected chi connectivity index (χ2v) is 5.06. The first-order chi connectivity index (χ1) is 7.94. The van der Waals surface area contributed by atoms with Gasteiger partial charge < -0.3 is 10.1 Å². The normalized spacial score (nSPS) is 11.1. The van der Waals surface area contributed by atoms with E-state index in [2.05, 4.69) is 26.1 Å². The van der Waals surface area contributed by atoms with Crippen molar-refractivity contribution in [3.05, 3.63) is 29.8 Å². The highest BCUT2D eigenvalue weighted by Gasteiger charge is 2.16. The van der Waals surface area contributed by atoms with Crippen molar-refractivity contribution in [1.29, 1.82) is 0 Å². The summed E-state index contributed by atoms with van der Waals surface area (Å²) < 4.78 is 5.15. The molecule has 0 aromatic heterocycles. The van der Waals surface area contributed by atoms with E-state index in [-0.39, 0.29) is 11.5 Å². The molecule has 0 atom stereocenters. The molecule has 17 heavy (non-hydrogen) atoms. The molecule has 0 bridgehead atoms. The van der Waals surface area contributed by atoms with Crippen LogP contribution in [0.2, 0.25) is 0 Å². The van der Waals surface area contributed by atoms with E-state index in [0.29, 0.717) is 12.2 Å². The lowest BCUT2D eigenvalue weighted by molar-refractivity contribution is 0.0506. The Bertz CT molecular complexity index is 380. The number of rotatable bonds is 4. The Morgan fingerprint density at radius 3 is 2.53 bits per heavy atom. The summed E-state index contributed by atoms with van der Waals surface area (Å²) in [6.45, 7) is 8.61. The Labute approximate surface area is 103 Å². The average Bonchev–Trinajstić information content (AvgIpc) is 2.24. The Morgan fingerprint density at radius 1 is 1.29 bits per heavy atom. The molecule has 0 saturated carbocycles. The maximum atomic E-state index is 11.8. The Morgan fingerprint density at radius 2 is 1.94 bits per heavy atom. The fourth-order valence-corrected chi connectivity index (χ4v) is 1.45. The monoisotopic (exact) mass is 235 g/mol. The Kier molecular flexibility index (Phi) is 4.55. The Balaban J connectivity index is 2.88. The lowest BCUT2D eigenvalue weighted by Crippen LogP contribution is -2.27. The summed E-state index contributed by atoms with van der Waals surface area (Å²) in [6, 6.07) is 7.43. The van der Waals surface area contributed by atoms with Crippen LogP contribution >= 0.6 is 0 Å². The SMILES string of the molecule is CCCOC(=O)c1ccccc1NC(C)(C)C. The minimum atomic E-state index is -0.265. The lowest BCUT2D eigenvalue weighted by Gasteiger charge is -2.23. The topological polar surface area (TPSA) is 38.3 Å². The van der Waals surface area contributed by atoms with Gasteiger partial charge in [-0.25, -0.2) is 4.79 Å². The van der Waals surface area contributed by atoms with Crippen LogP contribution in [-0.2, 0) is 4.74 Å². The van der Waals surface area contributed by atoms with Crippen LogP contribution in [-0.4, -0.2) is 18.1 Å². The van der Waals surface area contributed by atoms with Crippen LogP contribution in [0.25, 0.3) is 0 Å². The number of benzene rings is 1. The van der Waals surface area contributed by atoms with Crippen LogP contribution in [0.1, 0.15) is 44.5 Å². The van der Waals surface area contributed by atoms with Crippen LogP contribution in [0.15, 0.2) is 24.3 Å². The number of carbonyl (C=O) groups is 1. The molecule has 1 aromatic rings. The smallest absolute Gasteiger partial charge is 0.340 e. The van der Waals surface area contributed by atoms with Crippen molar-refractivity contribution >= 4 is 11.7 Å². The molecule has 0 spiro atoms. The zero-order chi connectivity index (χ0) is 12.9. The van der Waals surface area contributed by atoms with E-state index >= 15 is 0 Å². The van der Waals surface area contributed by atoms with Gasteiger partial charge in [0.2, 0.25) is 0 Å². The first kappa shape index (κ1) is 13.6. The molecule has 1 aromatic carbocycles. The molecular weight excluding hydrogens is 214 g/mol. The van der Waals surface area contributed by atoms with Gasteiger partial charge in [0.25, 0.3) is 0 Å². The highest BCUT2D eigenvalue weighted by molar-refractivity contribution is 5.95. The largest absolute Gasteiger partial charge is 0.462 e. The first-order valence-corrected chi connectivity index (χ1v) is 5.98. The van der Waals surface area contributed by atoms with Gasteiger partial charge in [-0.2, -0.15) is 0 Å². The van der Waals surface area contributed by atoms with Crippen LogP contribution in [0.3, 0.4) is 0 Å². The number of para-hydroxylation sites is 1. The number of hydrogen-bond acceptors (Lipinski definition) is 3. The van der Waals surface area contributed by atoms with Gasteiger partial charge in [-0.15, -0.1) is 0 Å². The van der Waals surface area contributed by atoms with E-state index in [9.17, 15) is 4.79 Å². The predicted molar refractivity (Wildman–Crippen MR) is 70.4 cm³/mol. The van der Waals surface area contributed by atoms with Crippen molar-refractivity contribution in [2.75, 3.05) is 11.9 Å². The van der Waals surface area contributed by atoms with E-state index in [1.165, 1.54) is 0 Å². The van der Waals surface area contributed by atoms with Crippen molar-refractivity contribution in [3.8, 4) is 0 Å². The molecule has 0 radical (unpaired) electrons. The zero-order valence-electron chi connectivity index (χ0n) is 11.0. The van der Waals surface area contributed by atoms with E-state index < -0.39 is 0 Å². The van der Waals surface area contributed by atoms with Crippen molar-refractivity contribution in [2.45, 2.75) is 39.7 Å². The van der Waals surface area contributed by atoms with Crippen molar-refractivity contribution in [2.24, 2.45) is 0 Å². The zero-order valence-corrected chi connectivity index (χ0v) is 11.0. The van der Waals surface area contributed by atoms with Crippen molar-refractivity contribution in [1.82, 2.24) is 0 Å². The maximum Gasteiger partial charge on any atom is 0.340 e. The molecule has 0 fully saturated rings. The third-order valence-corrected chi connectivity index (χ3v) is 2.09. The number of nitrogens with one attached hydrogen (secondary N) is 1. The molecule has 0 heterocycles. The quantitative estimate of drug-likeness (QED) is 0.812. The van der Waals surface area contributed by atoms with Crippen LogP contribution in [0.4, 0.5) is 5.69 Å². The van der Waals surface area contributed by atoms with Crippen molar-refractivity contribution < 1.29 is 9.53 Å². The number of esters is 1. The molecule has 0 aliphatic rings. The van der Waals surface area contributed by atoms with Gasteiger partial charge in [0, 0.05) is 11.2 Å². The molecule has 0 aliphatic carbocycles. The molecule has 3 heteroatoms. The summed E-state index contributed by atoms with van der Waals surface area (Å²) in [5, 5.41) is 3.31. The summed E-state index contributed by atoms with van der Waals surface area (Å²) in [5.74, 6) is -0.265. The summed E-state index contributed by atoms with van der Waals surface area (Å²) in [5.41, 5.74) is 1.33. The van der Waals surface area contributed by atoms with E-state index in [1.54, 1.807) is 6.07 Å². The molecule has 1 rings (SSSR count). The second kappa shape index (κ2) is 5.71. The minimum Gasteiger partial charge on any atom is -0.462 e. The fourth-order valence-electron chi connectivity index (χ4n) is 1.45. The van der Waals surface area contributed by atoms with E-state index in [4.69, 9.17) is 4.74 Å². The molecule has 0 unspecified atom stereocenters. The van der Waals surface area contributed by atoms with E-state index in [0.717, 1.165) is 12.1 Å². The first-order valence-electron chi connectivity index (χ1n) is 5.98. The maximum absolute atomic E-state index is 11.8. The highest BCUT2D eigenvalue weighted by Crippen LogP contribution is 2.20. The molecule has 0 amide bonds. The van der Waals surface area contributed by atoms with Gasteiger partial charge in [0.15, 0.2) is 0 Å². The molecule has 94 valence electrons. The number of ether oxygens (including phenoxy) is 1. The number of hydrogen-bond donors (Lipinski definition) is 1. The van der Waals surface area contributed by atoms with Crippen LogP contribution in [0.5, 0.6) is 0 Å². The summed E-state index contributed by atoms with van der Waals surface area (Å²) in [4.78, 5) is 11.8. The van der Waals surface area contributed by atoms with E-state index in [1.807, 2.05) is 25.1 Å². The minimum absolute atomic E-state index is 0.0822. The molecule has 1 N–H and O–H groups in total. The van der Waals surface area contributed by atoms with Crippen LogP contribution < -0.4 is 5.32 Å². The van der Waals surface area contributed by atoms with Gasteiger partial charge in [-0.1, -0.05) is 19.1 Å². The summed E-state index contributed by atoms with van der Waals surface area (Å²) >= 11 is 0. The van der Waals surface area contributed by atoms with Crippen molar-refractivity contribution in [3.63, 3.8) is 0 Å². The Hall–Kier alpha value is -1.51. The number of anilines is 1. The number of carbonyl (C=O) groups excluding carboxylic acids is 1. The van der Waals surface area contributed by atoms with Gasteiger partial charge in [0.05, 0.1) is 12.2 Å². The lowest BCUT2D eigenvalue weighted by atomic mass is 10.1. The van der Waals surface area contributed by atoms with Gasteiger partial charge in [0.1, 0.15) is 0 Å². The summed E-state index contributed by atoms with van der Waals surface area (Å²) in [7, 11) is 0. The molecule has 0 aliphatic heterocycles. The third kappa shape index (κ3) is 4.47. The average molecular weight is 235 g/mol. The fraction of sp³-hybridized carbons (Fsp3) is 0.500. The van der Waals surface area contributed by atoms with Gasteiger partial charge >= 0.3 is 5.97 Å². The molecule has 0 saturated heterocycles. The second-order valence-electron chi connectivity index (χ2n) is 5.06. The molecule has 3 nitrogen and oxygen atoms in total. The van der Waals surface area contributed by atoms with Crippen LogP contribution in [0, 0.1) is 0 Å². The van der Waals surface area contributed by atoms with Gasteiger partial charge in [-0.3, -0.25) is 0 Å².